The Bertz CT molecular complexity index is 2050. The molecular formula is C37H36N6O. The molecule has 10 rings (SSSR count). The van der Waals surface area contributed by atoms with E-state index < -0.39 is 0 Å². The molecule has 0 radical (unpaired) electrons. The average Bonchev–Trinajstić information content (AvgIpc) is 3.33. The monoisotopic (exact) mass is 580 g/mol. The first kappa shape index (κ1) is 24.9. The Labute approximate surface area is 257 Å². The molecule has 5 aromatic rings. The third-order valence-electron chi connectivity index (χ3n) is 12.2. The second-order valence-corrected chi connectivity index (χ2v) is 13.5. The van der Waals surface area contributed by atoms with E-state index in [2.05, 4.69) is 121 Å². The zero-order valence-corrected chi connectivity index (χ0v) is 25.6. The van der Waals surface area contributed by atoms with Crippen molar-refractivity contribution in [2.24, 2.45) is 11.3 Å². The van der Waals surface area contributed by atoms with Gasteiger partial charge in [-0.3, -0.25) is 0 Å². The topological polar surface area (TPSA) is 51.9 Å². The van der Waals surface area contributed by atoms with Crippen LogP contribution >= 0.6 is 0 Å². The number of nitrogens with zero attached hydrogens (tertiary/aromatic N) is 6. The van der Waals surface area contributed by atoms with Gasteiger partial charge >= 0.3 is 0 Å². The van der Waals surface area contributed by atoms with Gasteiger partial charge in [-0.05, 0) is 54.4 Å². The fraction of sp³-hybridized carbons (Fsp3) is 0.351. The van der Waals surface area contributed by atoms with Gasteiger partial charge in [0.1, 0.15) is 17.9 Å². The Morgan fingerprint density at radius 3 is 2.52 bits per heavy atom. The molecular weight excluding hydrogens is 544 g/mol. The molecule has 0 saturated heterocycles. The SMILES string of the molecule is CCC1c2ccccc2N2c3nccnc3N(C)C2C2(CC)C1C21CC2N(C)C=CN2c2c1ccc1c2oc2ccccc21. The number of para-hydroxylation sites is 2. The summed E-state index contributed by atoms with van der Waals surface area (Å²) < 4.78 is 6.79. The predicted octanol–water partition coefficient (Wildman–Crippen LogP) is 7.71. The van der Waals surface area contributed by atoms with Crippen LogP contribution in [0.3, 0.4) is 0 Å². The highest BCUT2D eigenvalue weighted by molar-refractivity contribution is 6.10. The maximum Gasteiger partial charge on any atom is 0.178 e. The van der Waals surface area contributed by atoms with Gasteiger partial charge in [0.05, 0.1) is 5.69 Å². The minimum Gasteiger partial charge on any atom is -0.454 e. The molecule has 7 heteroatoms. The van der Waals surface area contributed by atoms with Crippen molar-refractivity contribution in [3.8, 4) is 0 Å². The molecule has 1 spiro atoms. The van der Waals surface area contributed by atoms with E-state index in [0.29, 0.717) is 11.8 Å². The minimum atomic E-state index is -0.0703. The van der Waals surface area contributed by atoms with Crippen LogP contribution in [-0.2, 0) is 5.41 Å². The van der Waals surface area contributed by atoms with Crippen LogP contribution in [0.1, 0.15) is 50.2 Å². The van der Waals surface area contributed by atoms with E-state index in [1.807, 2.05) is 12.4 Å². The lowest BCUT2D eigenvalue weighted by Gasteiger charge is -2.46. The van der Waals surface area contributed by atoms with E-state index in [1.165, 1.54) is 33.3 Å². The Morgan fingerprint density at radius 1 is 0.886 bits per heavy atom. The van der Waals surface area contributed by atoms with Gasteiger partial charge in [0.2, 0.25) is 0 Å². The molecule has 44 heavy (non-hydrogen) atoms. The molecule has 5 aliphatic rings. The molecule has 0 amide bonds. The summed E-state index contributed by atoms with van der Waals surface area (Å²) in [5.74, 6) is 2.80. The van der Waals surface area contributed by atoms with Gasteiger partial charge in [0.15, 0.2) is 17.2 Å². The van der Waals surface area contributed by atoms with Crippen LogP contribution < -0.4 is 14.7 Å². The maximum absolute atomic E-state index is 6.79. The van der Waals surface area contributed by atoms with Crippen LogP contribution in [0.25, 0.3) is 21.9 Å². The van der Waals surface area contributed by atoms with Gasteiger partial charge in [-0.15, -0.1) is 0 Å². The van der Waals surface area contributed by atoms with Crippen LogP contribution in [-0.4, -0.2) is 41.3 Å². The molecule has 6 unspecified atom stereocenters. The van der Waals surface area contributed by atoms with Gasteiger partial charge in [-0.2, -0.15) is 0 Å². The lowest BCUT2D eigenvalue weighted by Crippen LogP contribution is -2.52. The summed E-state index contributed by atoms with van der Waals surface area (Å²) in [7, 11) is 4.48. The van der Waals surface area contributed by atoms with Crippen molar-refractivity contribution in [2.45, 2.75) is 56.8 Å². The van der Waals surface area contributed by atoms with Crippen LogP contribution in [0.2, 0.25) is 0 Å². The summed E-state index contributed by atoms with van der Waals surface area (Å²) in [6.45, 7) is 4.83. The molecule has 6 atom stereocenters. The molecule has 7 nitrogen and oxygen atoms in total. The third kappa shape index (κ3) is 2.56. The van der Waals surface area contributed by atoms with E-state index in [-0.39, 0.29) is 23.2 Å². The number of hydrogen-bond acceptors (Lipinski definition) is 7. The number of rotatable bonds is 2. The number of fused-ring (bicyclic) bond motifs is 17. The number of hydrogen-bond donors (Lipinski definition) is 0. The molecule has 1 aliphatic carbocycles. The lowest BCUT2D eigenvalue weighted by atomic mass is 9.74. The van der Waals surface area contributed by atoms with Crippen molar-refractivity contribution in [2.75, 3.05) is 28.8 Å². The molecule has 6 heterocycles. The van der Waals surface area contributed by atoms with Crippen molar-refractivity contribution < 1.29 is 4.42 Å². The van der Waals surface area contributed by atoms with Gasteiger partial charge < -0.3 is 24.0 Å². The Morgan fingerprint density at radius 2 is 1.68 bits per heavy atom. The molecule has 220 valence electrons. The van der Waals surface area contributed by atoms with Crippen molar-refractivity contribution in [3.05, 3.63) is 96.6 Å². The summed E-state index contributed by atoms with van der Waals surface area (Å²) >= 11 is 0. The van der Waals surface area contributed by atoms with Gasteiger partial charge in [-0.25, -0.2) is 9.97 Å². The second kappa shape index (κ2) is 8.14. The summed E-state index contributed by atoms with van der Waals surface area (Å²) in [5, 5.41) is 2.38. The van der Waals surface area contributed by atoms with Crippen LogP contribution in [0.5, 0.6) is 0 Å². The summed E-state index contributed by atoms with van der Waals surface area (Å²) in [6, 6.07) is 22.4. The highest BCUT2D eigenvalue weighted by Crippen LogP contribution is 2.84. The fourth-order valence-corrected chi connectivity index (χ4v) is 10.7. The van der Waals surface area contributed by atoms with Gasteiger partial charge in [0.25, 0.3) is 0 Å². The summed E-state index contributed by atoms with van der Waals surface area (Å²) in [4.78, 5) is 19.8. The standard InChI is InChI=1S/C37H36N6O/c1-5-22-23-11-7-9-13-27(23)43-34-33(38-17-18-39-34)41(4)35(43)36(6-2)32(22)37(36)21-29-40(3)19-20-42(29)30-26(37)16-15-25-24-12-8-10-14-28(24)44-31(25)30/h7-20,22,29,32,35H,5-6,21H2,1-4H3. The minimum absolute atomic E-state index is 0.0478. The Hall–Kier alpha value is -4.52. The zero-order valence-electron chi connectivity index (χ0n) is 25.6. The normalized spacial score (nSPS) is 30.7. The van der Waals surface area contributed by atoms with Crippen molar-refractivity contribution in [1.29, 1.82) is 0 Å². The number of benzene rings is 3. The Kier molecular flexibility index (Phi) is 4.60. The van der Waals surface area contributed by atoms with Crippen molar-refractivity contribution >= 4 is 44.9 Å². The van der Waals surface area contributed by atoms with Gasteiger partial charge in [-0.1, -0.05) is 62.4 Å². The first-order valence-electron chi connectivity index (χ1n) is 16.1. The third-order valence-corrected chi connectivity index (χ3v) is 12.2. The molecule has 2 aromatic heterocycles. The fourth-order valence-electron chi connectivity index (χ4n) is 10.7. The largest absolute Gasteiger partial charge is 0.454 e. The van der Waals surface area contributed by atoms with E-state index in [1.54, 1.807) is 0 Å². The van der Waals surface area contributed by atoms with Crippen molar-refractivity contribution in [1.82, 2.24) is 14.9 Å². The van der Waals surface area contributed by atoms with E-state index in [4.69, 9.17) is 14.4 Å². The summed E-state index contributed by atoms with van der Waals surface area (Å²) in [5.41, 5.74) is 7.26. The second-order valence-electron chi connectivity index (χ2n) is 13.5. The smallest absolute Gasteiger partial charge is 0.178 e. The van der Waals surface area contributed by atoms with E-state index in [0.717, 1.165) is 42.1 Å². The average molecular weight is 581 g/mol. The Balaban J connectivity index is 1.31. The van der Waals surface area contributed by atoms with Gasteiger partial charge in [0, 0.05) is 66.2 Å². The maximum atomic E-state index is 6.79. The quantitative estimate of drug-likeness (QED) is 0.212. The number of aromatic nitrogens is 2. The first-order valence-corrected chi connectivity index (χ1v) is 16.1. The predicted molar refractivity (Wildman–Crippen MR) is 175 cm³/mol. The van der Waals surface area contributed by atoms with Crippen molar-refractivity contribution in [3.63, 3.8) is 0 Å². The number of anilines is 4. The van der Waals surface area contributed by atoms with E-state index in [9.17, 15) is 0 Å². The summed E-state index contributed by atoms with van der Waals surface area (Å²) in [6.07, 6.45) is 11.7. The number of furan rings is 1. The van der Waals surface area contributed by atoms with E-state index >= 15 is 0 Å². The highest BCUT2D eigenvalue weighted by atomic mass is 16.3. The lowest BCUT2D eigenvalue weighted by molar-refractivity contribution is 0.246. The highest BCUT2D eigenvalue weighted by Gasteiger charge is 2.84. The van der Waals surface area contributed by atoms with Crippen LogP contribution in [0.15, 0.2) is 89.9 Å². The molecule has 4 aliphatic heterocycles. The van der Waals surface area contributed by atoms with Crippen LogP contribution in [0.4, 0.5) is 23.0 Å². The molecule has 0 bridgehead atoms. The molecule has 1 saturated carbocycles. The molecule has 1 fully saturated rings. The molecule has 0 N–H and O–H groups in total. The zero-order chi connectivity index (χ0) is 29.5. The van der Waals surface area contributed by atoms with Crippen LogP contribution in [0, 0.1) is 11.3 Å². The molecule has 3 aromatic carbocycles. The first-order chi connectivity index (χ1) is 21.6.